The lowest BCUT2D eigenvalue weighted by atomic mass is 10.1. The van der Waals surface area contributed by atoms with E-state index in [0.29, 0.717) is 12.2 Å². The SMILES string of the molecule is C[C@H](c1ccccc1)N1C[C@H](C(=O)Nc2cccc(C(=O)O)c2)CC1=O. The van der Waals surface area contributed by atoms with Gasteiger partial charge in [-0.25, -0.2) is 4.79 Å². The third kappa shape index (κ3) is 3.74. The number of anilines is 1. The van der Waals surface area contributed by atoms with Gasteiger partial charge in [-0.15, -0.1) is 0 Å². The van der Waals surface area contributed by atoms with Crippen molar-refractivity contribution in [1.82, 2.24) is 4.90 Å². The summed E-state index contributed by atoms with van der Waals surface area (Å²) < 4.78 is 0. The lowest BCUT2D eigenvalue weighted by Gasteiger charge is -2.25. The first-order valence-corrected chi connectivity index (χ1v) is 8.44. The molecule has 6 heteroatoms. The second-order valence-corrected chi connectivity index (χ2v) is 6.41. The molecule has 2 amide bonds. The second-order valence-electron chi connectivity index (χ2n) is 6.41. The van der Waals surface area contributed by atoms with Crippen LogP contribution in [0.25, 0.3) is 0 Å². The van der Waals surface area contributed by atoms with E-state index in [-0.39, 0.29) is 29.8 Å². The number of nitrogens with zero attached hydrogens (tertiary/aromatic N) is 1. The Balaban J connectivity index is 1.67. The molecule has 6 nitrogen and oxygen atoms in total. The molecule has 1 saturated heterocycles. The summed E-state index contributed by atoms with van der Waals surface area (Å²) in [4.78, 5) is 37.6. The van der Waals surface area contributed by atoms with Crippen LogP contribution in [0.3, 0.4) is 0 Å². The molecular weight excluding hydrogens is 332 g/mol. The van der Waals surface area contributed by atoms with Gasteiger partial charge in [0, 0.05) is 18.7 Å². The number of likely N-dealkylation sites (tertiary alicyclic amines) is 1. The van der Waals surface area contributed by atoms with E-state index in [2.05, 4.69) is 5.32 Å². The summed E-state index contributed by atoms with van der Waals surface area (Å²) in [5.74, 6) is -1.84. The average molecular weight is 352 g/mol. The fourth-order valence-corrected chi connectivity index (χ4v) is 3.17. The first kappa shape index (κ1) is 17.7. The number of hydrogen-bond donors (Lipinski definition) is 2. The Hall–Kier alpha value is -3.15. The fraction of sp³-hybridized carbons (Fsp3) is 0.250. The second kappa shape index (κ2) is 7.39. The monoisotopic (exact) mass is 352 g/mol. The molecule has 1 aliphatic heterocycles. The Morgan fingerprint density at radius 2 is 1.88 bits per heavy atom. The maximum absolute atomic E-state index is 12.5. The highest BCUT2D eigenvalue weighted by molar-refractivity contribution is 5.98. The largest absolute Gasteiger partial charge is 0.478 e. The number of hydrogen-bond acceptors (Lipinski definition) is 3. The van der Waals surface area contributed by atoms with E-state index < -0.39 is 11.9 Å². The number of nitrogens with one attached hydrogen (secondary N) is 1. The summed E-state index contributed by atoms with van der Waals surface area (Å²) in [6.07, 6.45) is 0.154. The minimum Gasteiger partial charge on any atom is -0.478 e. The number of aromatic carboxylic acids is 1. The van der Waals surface area contributed by atoms with Crippen LogP contribution in [0.5, 0.6) is 0 Å². The molecule has 134 valence electrons. The Kier molecular flexibility index (Phi) is 5.02. The number of rotatable bonds is 5. The summed E-state index contributed by atoms with van der Waals surface area (Å²) in [5, 5.41) is 11.7. The molecule has 2 atom stereocenters. The van der Waals surface area contributed by atoms with Crippen molar-refractivity contribution in [2.75, 3.05) is 11.9 Å². The molecule has 1 heterocycles. The number of carboxylic acid groups (broad SMARTS) is 1. The molecule has 2 N–H and O–H groups in total. The van der Waals surface area contributed by atoms with Gasteiger partial charge >= 0.3 is 5.97 Å². The molecule has 1 fully saturated rings. The third-order valence-electron chi connectivity index (χ3n) is 4.66. The van der Waals surface area contributed by atoms with Crippen LogP contribution < -0.4 is 5.32 Å². The fourth-order valence-electron chi connectivity index (χ4n) is 3.17. The summed E-state index contributed by atoms with van der Waals surface area (Å²) >= 11 is 0. The van der Waals surface area contributed by atoms with Gasteiger partial charge < -0.3 is 15.3 Å². The van der Waals surface area contributed by atoms with Crippen LogP contribution in [-0.4, -0.2) is 34.3 Å². The van der Waals surface area contributed by atoms with Crippen molar-refractivity contribution in [2.45, 2.75) is 19.4 Å². The highest BCUT2D eigenvalue weighted by Crippen LogP contribution is 2.29. The van der Waals surface area contributed by atoms with E-state index in [0.717, 1.165) is 5.56 Å². The van der Waals surface area contributed by atoms with Gasteiger partial charge in [0.1, 0.15) is 0 Å². The zero-order valence-corrected chi connectivity index (χ0v) is 14.4. The van der Waals surface area contributed by atoms with E-state index >= 15 is 0 Å². The lowest BCUT2D eigenvalue weighted by molar-refractivity contribution is -0.129. The minimum atomic E-state index is -1.06. The van der Waals surface area contributed by atoms with Gasteiger partial charge in [-0.05, 0) is 30.7 Å². The molecule has 0 aromatic heterocycles. The smallest absolute Gasteiger partial charge is 0.335 e. The highest BCUT2D eigenvalue weighted by atomic mass is 16.4. The van der Waals surface area contributed by atoms with E-state index in [1.54, 1.807) is 17.0 Å². The Bertz CT molecular complexity index is 835. The first-order chi connectivity index (χ1) is 12.5. The van der Waals surface area contributed by atoms with Gasteiger partial charge in [-0.1, -0.05) is 36.4 Å². The Labute approximate surface area is 151 Å². The Morgan fingerprint density at radius 3 is 2.58 bits per heavy atom. The molecular formula is C20H20N2O4. The number of carbonyl (C=O) groups is 3. The van der Waals surface area contributed by atoms with Crippen LogP contribution >= 0.6 is 0 Å². The minimum absolute atomic E-state index is 0.0548. The van der Waals surface area contributed by atoms with Crippen molar-refractivity contribution in [3.8, 4) is 0 Å². The predicted molar refractivity (Wildman–Crippen MR) is 96.7 cm³/mol. The zero-order chi connectivity index (χ0) is 18.7. The summed E-state index contributed by atoms with van der Waals surface area (Å²) in [6, 6.07) is 15.7. The van der Waals surface area contributed by atoms with Crippen LogP contribution in [0.2, 0.25) is 0 Å². The maximum Gasteiger partial charge on any atom is 0.335 e. The number of carbonyl (C=O) groups excluding carboxylic acids is 2. The van der Waals surface area contributed by atoms with E-state index in [1.807, 2.05) is 37.3 Å². The first-order valence-electron chi connectivity index (χ1n) is 8.44. The van der Waals surface area contributed by atoms with Gasteiger partial charge in [-0.3, -0.25) is 9.59 Å². The van der Waals surface area contributed by atoms with E-state index in [9.17, 15) is 14.4 Å². The quantitative estimate of drug-likeness (QED) is 0.866. The lowest BCUT2D eigenvalue weighted by Crippen LogP contribution is -2.30. The molecule has 0 unspecified atom stereocenters. The molecule has 2 aromatic carbocycles. The van der Waals surface area contributed by atoms with Crippen LogP contribution in [0, 0.1) is 5.92 Å². The van der Waals surface area contributed by atoms with Gasteiger partial charge in [0.05, 0.1) is 17.5 Å². The van der Waals surface area contributed by atoms with Crippen LogP contribution in [0.1, 0.15) is 35.3 Å². The van der Waals surface area contributed by atoms with E-state index in [4.69, 9.17) is 5.11 Å². The number of benzene rings is 2. The van der Waals surface area contributed by atoms with Crippen LogP contribution in [0.4, 0.5) is 5.69 Å². The van der Waals surface area contributed by atoms with Gasteiger partial charge in [-0.2, -0.15) is 0 Å². The zero-order valence-electron chi connectivity index (χ0n) is 14.4. The normalized spacial score (nSPS) is 17.8. The molecule has 2 aromatic rings. The summed E-state index contributed by atoms with van der Waals surface area (Å²) in [6.45, 7) is 2.29. The van der Waals surface area contributed by atoms with Gasteiger partial charge in [0.25, 0.3) is 0 Å². The summed E-state index contributed by atoms with van der Waals surface area (Å²) in [5.41, 5.74) is 1.54. The standard InChI is InChI=1S/C20H20N2O4/c1-13(14-6-3-2-4-7-14)22-12-16(11-18(22)23)19(24)21-17-9-5-8-15(10-17)20(25)26/h2-10,13,16H,11-12H2,1H3,(H,21,24)(H,25,26)/t13-,16-/m1/s1. The molecule has 1 aliphatic rings. The third-order valence-corrected chi connectivity index (χ3v) is 4.66. The highest BCUT2D eigenvalue weighted by Gasteiger charge is 2.37. The predicted octanol–water partition coefficient (Wildman–Crippen LogP) is 2.93. The van der Waals surface area contributed by atoms with Gasteiger partial charge in [0.15, 0.2) is 0 Å². The van der Waals surface area contributed by atoms with Crippen LogP contribution in [-0.2, 0) is 9.59 Å². The van der Waals surface area contributed by atoms with Crippen molar-refractivity contribution in [3.05, 3.63) is 65.7 Å². The van der Waals surface area contributed by atoms with Crippen molar-refractivity contribution in [2.24, 2.45) is 5.92 Å². The van der Waals surface area contributed by atoms with Crippen molar-refractivity contribution in [1.29, 1.82) is 0 Å². The Morgan fingerprint density at radius 1 is 1.15 bits per heavy atom. The molecule has 0 bridgehead atoms. The maximum atomic E-state index is 12.5. The summed E-state index contributed by atoms with van der Waals surface area (Å²) in [7, 11) is 0. The molecule has 26 heavy (non-hydrogen) atoms. The number of carboxylic acids is 1. The average Bonchev–Trinajstić information content (AvgIpc) is 3.04. The number of amides is 2. The van der Waals surface area contributed by atoms with Crippen molar-refractivity contribution >= 4 is 23.5 Å². The van der Waals surface area contributed by atoms with Crippen molar-refractivity contribution in [3.63, 3.8) is 0 Å². The van der Waals surface area contributed by atoms with Gasteiger partial charge in [0.2, 0.25) is 11.8 Å². The molecule has 3 rings (SSSR count). The van der Waals surface area contributed by atoms with Crippen molar-refractivity contribution < 1.29 is 19.5 Å². The molecule has 0 saturated carbocycles. The topological polar surface area (TPSA) is 86.7 Å². The van der Waals surface area contributed by atoms with Crippen LogP contribution in [0.15, 0.2) is 54.6 Å². The molecule has 0 spiro atoms. The molecule has 0 aliphatic carbocycles. The van der Waals surface area contributed by atoms with E-state index in [1.165, 1.54) is 12.1 Å². The molecule has 0 radical (unpaired) electrons.